The summed E-state index contributed by atoms with van der Waals surface area (Å²) in [6.45, 7) is 1.50. The third-order valence-corrected chi connectivity index (χ3v) is 4.42. The molecule has 2 rings (SSSR count). The predicted octanol–water partition coefficient (Wildman–Crippen LogP) is 2.73. The zero-order valence-corrected chi connectivity index (χ0v) is 13.7. The minimum Gasteiger partial charge on any atom is -0.497 e. The Morgan fingerprint density at radius 2 is 2.00 bits per heavy atom. The maximum absolute atomic E-state index is 12.4. The van der Waals surface area contributed by atoms with Crippen LogP contribution in [0.1, 0.15) is 37.7 Å². The van der Waals surface area contributed by atoms with Crippen molar-refractivity contribution < 1.29 is 19.4 Å². The van der Waals surface area contributed by atoms with Gasteiger partial charge in [-0.1, -0.05) is 12.1 Å². The van der Waals surface area contributed by atoms with Crippen LogP contribution in [0.15, 0.2) is 24.3 Å². The number of hydrogen-bond donors (Lipinski definition) is 1. The molecule has 1 aromatic rings. The number of nitrogens with zero attached hydrogens (tertiary/aromatic N) is 1. The average molecular weight is 319 g/mol. The number of hydrogen-bond acceptors (Lipinski definition) is 3. The number of rotatable bonds is 7. The molecule has 1 fully saturated rings. The molecule has 1 amide bonds. The van der Waals surface area contributed by atoms with Crippen LogP contribution in [0.25, 0.3) is 0 Å². The molecular weight excluding hydrogens is 294 g/mol. The molecule has 0 spiro atoms. The summed E-state index contributed by atoms with van der Waals surface area (Å²) >= 11 is 0. The standard InChI is InChI=1S/C18H25NO4/c1-23-16-8-4-14(5-9-16)6-10-17(20)19-12-2-3-15(13-19)7-11-18(21)22/h4-5,8-9,15H,2-3,6-7,10-13H2,1H3,(H,21,22)/t15-/m1/s1. The molecule has 5 nitrogen and oxygen atoms in total. The lowest BCUT2D eigenvalue weighted by Gasteiger charge is -2.32. The number of carboxylic acid groups (broad SMARTS) is 1. The highest BCUT2D eigenvalue weighted by molar-refractivity contribution is 5.76. The van der Waals surface area contributed by atoms with E-state index in [0.29, 0.717) is 25.3 Å². The summed E-state index contributed by atoms with van der Waals surface area (Å²) in [4.78, 5) is 24.9. The van der Waals surface area contributed by atoms with E-state index in [4.69, 9.17) is 9.84 Å². The minimum atomic E-state index is -0.757. The number of ether oxygens (including phenoxy) is 1. The van der Waals surface area contributed by atoms with Gasteiger partial charge in [-0.05, 0) is 49.3 Å². The summed E-state index contributed by atoms with van der Waals surface area (Å²) < 4.78 is 5.12. The average Bonchev–Trinajstić information content (AvgIpc) is 2.58. The zero-order valence-electron chi connectivity index (χ0n) is 13.7. The largest absolute Gasteiger partial charge is 0.497 e. The number of carbonyl (C=O) groups is 2. The highest BCUT2D eigenvalue weighted by atomic mass is 16.5. The molecule has 1 aliphatic rings. The third kappa shape index (κ3) is 5.58. The number of carboxylic acids is 1. The lowest BCUT2D eigenvalue weighted by atomic mass is 9.93. The van der Waals surface area contributed by atoms with Crippen LogP contribution >= 0.6 is 0 Å². The van der Waals surface area contributed by atoms with Crippen molar-refractivity contribution in [3.05, 3.63) is 29.8 Å². The fraction of sp³-hybridized carbons (Fsp3) is 0.556. The summed E-state index contributed by atoms with van der Waals surface area (Å²) in [7, 11) is 1.63. The van der Waals surface area contributed by atoms with Gasteiger partial charge in [0.15, 0.2) is 0 Å². The maximum atomic E-state index is 12.4. The lowest BCUT2D eigenvalue weighted by molar-refractivity contribution is -0.137. The van der Waals surface area contributed by atoms with Gasteiger partial charge in [0.1, 0.15) is 5.75 Å². The minimum absolute atomic E-state index is 0.167. The van der Waals surface area contributed by atoms with Gasteiger partial charge in [0.25, 0.3) is 0 Å². The number of methoxy groups -OCH3 is 1. The molecule has 1 heterocycles. The Morgan fingerprint density at radius 3 is 2.65 bits per heavy atom. The molecule has 0 aliphatic carbocycles. The number of carbonyl (C=O) groups excluding carboxylic acids is 1. The van der Waals surface area contributed by atoms with Gasteiger partial charge in [-0.3, -0.25) is 9.59 Å². The first kappa shape index (κ1) is 17.3. The number of piperidine rings is 1. The molecule has 0 bridgehead atoms. The zero-order chi connectivity index (χ0) is 16.7. The Hall–Kier alpha value is -2.04. The van der Waals surface area contributed by atoms with Crippen molar-refractivity contribution in [1.29, 1.82) is 0 Å². The van der Waals surface area contributed by atoms with Gasteiger partial charge in [0.2, 0.25) is 5.91 Å². The fourth-order valence-corrected chi connectivity index (χ4v) is 3.06. The van der Waals surface area contributed by atoms with Crippen LogP contribution < -0.4 is 4.74 Å². The first-order valence-electron chi connectivity index (χ1n) is 8.21. The second-order valence-corrected chi connectivity index (χ2v) is 6.13. The number of aryl methyl sites for hydroxylation is 1. The predicted molar refractivity (Wildman–Crippen MR) is 87.5 cm³/mol. The van der Waals surface area contributed by atoms with E-state index in [1.54, 1.807) is 7.11 Å². The molecule has 1 atom stereocenters. The number of amides is 1. The molecule has 1 saturated heterocycles. The van der Waals surface area contributed by atoms with Gasteiger partial charge < -0.3 is 14.7 Å². The van der Waals surface area contributed by atoms with Crippen molar-refractivity contribution in [2.75, 3.05) is 20.2 Å². The maximum Gasteiger partial charge on any atom is 0.303 e. The van der Waals surface area contributed by atoms with Gasteiger partial charge >= 0.3 is 5.97 Å². The first-order valence-corrected chi connectivity index (χ1v) is 8.21. The van der Waals surface area contributed by atoms with E-state index >= 15 is 0 Å². The van der Waals surface area contributed by atoms with Crippen LogP contribution in [0.2, 0.25) is 0 Å². The van der Waals surface area contributed by atoms with Crippen LogP contribution in [-0.4, -0.2) is 42.1 Å². The summed E-state index contributed by atoms with van der Waals surface area (Å²) in [5.41, 5.74) is 1.12. The molecule has 1 aromatic carbocycles. The van der Waals surface area contributed by atoms with Crippen LogP contribution in [-0.2, 0) is 16.0 Å². The lowest BCUT2D eigenvalue weighted by Crippen LogP contribution is -2.40. The Kier molecular flexibility index (Phi) is 6.44. The third-order valence-electron chi connectivity index (χ3n) is 4.42. The van der Waals surface area contributed by atoms with Crippen molar-refractivity contribution in [2.24, 2.45) is 5.92 Å². The Morgan fingerprint density at radius 1 is 1.26 bits per heavy atom. The molecular formula is C18H25NO4. The van der Waals surface area contributed by atoms with Gasteiger partial charge in [-0.2, -0.15) is 0 Å². The van der Waals surface area contributed by atoms with Crippen LogP contribution in [0.5, 0.6) is 5.75 Å². The molecule has 0 saturated carbocycles. The molecule has 0 unspecified atom stereocenters. The molecule has 0 aromatic heterocycles. The van der Waals surface area contributed by atoms with E-state index in [1.165, 1.54) is 0 Å². The van der Waals surface area contributed by atoms with Crippen LogP contribution in [0, 0.1) is 5.92 Å². The van der Waals surface area contributed by atoms with E-state index in [2.05, 4.69) is 0 Å². The number of likely N-dealkylation sites (tertiary alicyclic amines) is 1. The van der Waals surface area contributed by atoms with E-state index in [1.807, 2.05) is 29.2 Å². The van der Waals surface area contributed by atoms with E-state index < -0.39 is 5.97 Å². The summed E-state index contributed by atoms with van der Waals surface area (Å²) in [6.07, 6.45) is 4.07. The molecule has 1 N–H and O–H groups in total. The quantitative estimate of drug-likeness (QED) is 0.839. The summed E-state index contributed by atoms with van der Waals surface area (Å²) in [6, 6.07) is 7.78. The van der Waals surface area contributed by atoms with Crippen LogP contribution in [0.3, 0.4) is 0 Å². The van der Waals surface area contributed by atoms with E-state index in [-0.39, 0.29) is 12.3 Å². The Bertz CT molecular complexity index is 526. The second kappa shape index (κ2) is 8.56. The van der Waals surface area contributed by atoms with Crippen LogP contribution in [0.4, 0.5) is 0 Å². The summed E-state index contributed by atoms with van der Waals surface area (Å²) in [5, 5.41) is 8.78. The van der Waals surface area contributed by atoms with Gasteiger partial charge in [0, 0.05) is 25.9 Å². The van der Waals surface area contributed by atoms with E-state index in [0.717, 1.165) is 37.1 Å². The Labute approximate surface area is 137 Å². The topological polar surface area (TPSA) is 66.8 Å². The number of aliphatic carboxylic acids is 1. The first-order chi connectivity index (χ1) is 11.1. The van der Waals surface area contributed by atoms with Crippen molar-refractivity contribution in [2.45, 2.75) is 38.5 Å². The molecule has 23 heavy (non-hydrogen) atoms. The smallest absolute Gasteiger partial charge is 0.303 e. The van der Waals surface area contributed by atoms with Gasteiger partial charge in [0.05, 0.1) is 7.11 Å². The Balaban J connectivity index is 1.78. The van der Waals surface area contributed by atoms with Crippen molar-refractivity contribution in [3.8, 4) is 5.75 Å². The molecule has 5 heteroatoms. The fourth-order valence-electron chi connectivity index (χ4n) is 3.06. The van der Waals surface area contributed by atoms with Crippen molar-refractivity contribution in [1.82, 2.24) is 4.90 Å². The summed E-state index contributed by atoms with van der Waals surface area (Å²) in [5.74, 6) is 0.552. The normalized spacial score (nSPS) is 17.8. The molecule has 1 aliphatic heterocycles. The van der Waals surface area contributed by atoms with Gasteiger partial charge in [-0.15, -0.1) is 0 Å². The highest BCUT2D eigenvalue weighted by Gasteiger charge is 2.23. The van der Waals surface area contributed by atoms with Gasteiger partial charge in [-0.25, -0.2) is 0 Å². The SMILES string of the molecule is COc1ccc(CCC(=O)N2CCC[C@H](CCC(=O)O)C2)cc1. The molecule has 0 radical (unpaired) electrons. The monoisotopic (exact) mass is 319 g/mol. The molecule has 126 valence electrons. The van der Waals surface area contributed by atoms with E-state index in [9.17, 15) is 9.59 Å². The van der Waals surface area contributed by atoms with Crippen molar-refractivity contribution in [3.63, 3.8) is 0 Å². The second-order valence-electron chi connectivity index (χ2n) is 6.13. The number of benzene rings is 1. The highest BCUT2D eigenvalue weighted by Crippen LogP contribution is 2.22. The van der Waals surface area contributed by atoms with Crippen molar-refractivity contribution >= 4 is 11.9 Å².